The van der Waals surface area contributed by atoms with Crippen LogP contribution in [0.1, 0.15) is 36.5 Å². The topological polar surface area (TPSA) is 83.9 Å². The number of piperazine rings is 1. The normalized spacial score (nSPS) is 19.5. The second kappa shape index (κ2) is 12.1. The average molecular weight is 611 g/mol. The Kier molecular flexibility index (Phi) is 8.51. The van der Waals surface area contributed by atoms with Gasteiger partial charge in [0.2, 0.25) is 11.8 Å². The maximum Gasteiger partial charge on any atom is 0.421 e. The van der Waals surface area contributed by atoms with Crippen molar-refractivity contribution < 1.29 is 40.6 Å². The quantitative estimate of drug-likeness (QED) is 0.326. The summed E-state index contributed by atoms with van der Waals surface area (Å²) in [7, 11) is 0. The molecule has 2 unspecified atom stereocenters. The van der Waals surface area contributed by atoms with Crippen LogP contribution in [0, 0.1) is 0 Å². The summed E-state index contributed by atoms with van der Waals surface area (Å²) in [6.07, 6.45) is -7.05. The second-order valence-electron chi connectivity index (χ2n) is 10.3. The van der Waals surface area contributed by atoms with Crippen LogP contribution in [0.5, 0.6) is 5.88 Å². The van der Waals surface area contributed by atoms with Crippen LogP contribution in [-0.4, -0.2) is 64.4 Å². The molecule has 230 valence electrons. The third-order valence-corrected chi connectivity index (χ3v) is 7.24. The van der Waals surface area contributed by atoms with Crippen molar-refractivity contribution >= 4 is 17.7 Å². The predicted molar refractivity (Wildman–Crippen MR) is 142 cm³/mol. The van der Waals surface area contributed by atoms with Crippen LogP contribution >= 0.6 is 0 Å². The zero-order chi connectivity index (χ0) is 30.8. The molecular formula is C28H28F6N6O3. The van der Waals surface area contributed by atoms with Crippen molar-refractivity contribution in [2.45, 2.75) is 51.0 Å². The molecule has 0 N–H and O–H groups in total. The molecule has 2 aliphatic heterocycles. The number of carbonyl (C=O) groups excluding carboxylic acids is 1. The summed E-state index contributed by atoms with van der Waals surface area (Å²) in [6, 6.07) is 9.30. The zero-order valence-electron chi connectivity index (χ0n) is 23.0. The van der Waals surface area contributed by atoms with E-state index in [1.165, 1.54) is 11.1 Å². The molecule has 0 radical (unpaired) electrons. The Bertz CT molecular complexity index is 1410. The van der Waals surface area contributed by atoms with Crippen LogP contribution in [0.25, 0.3) is 0 Å². The lowest BCUT2D eigenvalue weighted by molar-refractivity contribution is -0.139. The third-order valence-electron chi connectivity index (χ3n) is 7.24. The summed E-state index contributed by atoms with van der Waals surface area (Å²) in [4.78, 5) is 29.4. The predicted octanol–water partition coefficient (Wildman–Crippen LogP) is 5.76. The first-order valence-corrected chi connectivity index (χ1v) is 13.5. The lowest BCUT2D eigenvalue weighted by Gasteiger charge is -2.40. The number of ether oxygens (including phenoxy) is 2. The number of amides is 1. The summed E-state index contributed by atoms with van der Waals surface area (Å²) in [5, 5.41) is 0. The number of benzene rings is 1. The van der Waals surface area contributed by atoms with E-state index in [9.17, 15) is 31.1 Å². The van der Waals surface area contributed by atoms with Crippen molar-refractivity contribution in [3.05, 3.63) is 71.7 Å². The van der Waals surface area contributed by atoms with Gasteiger partial charge in [0.25, 0.3) is 0 Å². The summed E-state index contributed by atoms with van der Waals surface area (Å²) < 4.78 is 91.5. The van der Waals surface area contributed by atoms with Gasteiger partial charge in [-0.3, -0.25) is 0 Å². The van der Waals surface area contributed by atoms with E-state index in [2.05, 4.69) is 15.0 Å². The average Bonchev–Trinajstić information content (AvgIpc) is 3.43. The lowest BCUT2D eigenvalue weighted by Crippen LogP contribution is -2.55. The van der Waals surface area contributed by atoms with Crippen LogP contribution < -0.4 is 14.5 Å². The number of nitrogens with zero attached hydrogens (tertiary/aromatic N) is 6. The van der Waals surface area contributed by atoms with Gasteiger partial charge in [-0.1, -0.05) is 30.3 Å². The molecule has 2 saturated heterocycles. The molecule has 1 amide bonds. The molecule has 15 heteroatoms. The Labute approximate surface area is 243 Å². The van der Waals surface area contributed by atoms with Crippen LogP contribution in [0.2, 0.25) is 0 Å². The molecule has 0 aliphatic carbocycles. The van der Waals surface area contributed by atoms with Gasteiger partial charge in [0, 0.05) is 51.0 Å². The minimum absolute atomic E-state index is 0.0866. The van der Waals surface area contributed by atoms with Crippen LogP contribution in [0.15, 0.2) is 55.0 Å². The third kappa shape index (κ3) is 7.03. The Morgan fingerprint density at radius 1 is 0.953 bits per heavy atom. The maximum absolute atomic E-state index is 14.0. The molecule has 3 aromatic rings. The Balaban J connectivity index is 1.23. The van der Waals surface area contributed by atoms with Crippen LogP contribution in [0.3, 0.4) is 0 Å². The van der Waals surface area contributed by atoms with Crippen molar-refractivity contribution in [1.29, 1.82) is 0 Å². The smallest absolute Gasteiger partial charge is 0.421 e. The van der Waals surface area contributed by atoms with E-state index in [0.717, 1.165) is 6.07 Å². The molecule has 2 fully saturated rings. The van der Waals surface area contributed by atoms with Crippen molar-refractivity contribution in [2.24, 2.45) is 0 Å². The SMILES string of the molecule is CC1CN(c2ncc(C(F)(F)F)cn2)CCN1C(=O)OC1CCCN1c1cnc(OCc2ccccc2)c(C(F)(F)F)c1. The van der Waals surface area contributed by atoms with Gasteiger partial charge in [-0.25, -0.2) is 19.7 Å². The molecule has 2 atom stereocenters. The lowest BCUT2D eigenvalue weighted by atomic mass is 10.2. The minimum atomic E-state index is -4.73. The molecule has 1 aromatic carbocycles. The summed E-state index contributed by atoms with van der Waals surface area (Å²) in [5.41, 5.74) is -1.16. The van der Waals surface area contributed by atoms with Gasteiger partial charge in [0.05, 0.1) is 17.4 Å². The molecule has 5 rings (SSSR count). The van der Waals surface area contributed by atoms with Crippen molar-refractivity contribution in [3.8, 4) is 5.88 Å². The van der Waals surface area contributed by atoms with E-state index in [1.54, 1.807) is 47.1 Å². The fourth-order valence-electron chi connectivity index (χ4n) is 5.02. The highest BCUT2D eigenvalue weighted by Gasteiger charge is 2.39. The first-order chi connectivity index (χ1) is 20.4. The van der Waals surface area contributed by atoms with E-state index in [4.69, 9.17) is 9.47 Å². The summed E-state index contributed by atoms with van der Waals surface area (Å²) in [6.45, 7) is 2.70. The first-order valence-electron chi connectivity index (χ1n) is 13.5. The fraction of sp³-hybridized carbons (Fsp3) is 0.429. The van der Waals surface area contributed by atoms with Gasteiger partial charge in [-0.05, 0) is 25.0 Å². The molecule has 0 spiro atoms. The molecule has 9 nitrogen and oxygen atoms in total. The Morgan fingerprint density at radius 2 is 1.67 bits per heavy atom. The number of pyridine rings is 1. The van der Waals surface area contributed by atoms with Crippen molar-refractivity contribution in [3.63, 3.8) is 0 Å². The highest BCUT2D eigenvalue weighted by Crippen LogP contribution is 2.39. The number of anilines is 2. The van der Waals surface area contributed by atoms with Crippen molar-refractivity contribution in [2.75, 3.05) is 36.0 Å². The molecule has 4 heterocycles. The molecular weight excluding hydrogens is 582 g/mol. The maximum atomic E-state index is 14.0. The molecule has 43 heavy (non-hydrogen) atoms. The number of carbonyl (C=O) groups is 1. The highest BCUT2D eigenvalue weighted by atomic mass is 19.4. The van der Waals surface area contributed by atoms with Gasteiger partial charge >= 0.3 is 18.4 Å². The van der Waals surface area contributed by atoms with E-state index < -0.39 is 47.7 Å². The standard InChI is InChI=1S/C28H28F6N6O3/c1-18-16-38(25-36-13-20(14-37-25)27(29,30)31)10-11-39(18)26(41)43-23-8-5-9-40(23)21-12-22(28(32,33)34)24(35-15-21)42-17-19-6-3-2-4-7-19/h2-4,6-7,12-15,18,23H,5,8-11,16-17H2,1H3. The van der Waals surface area contributed by atoms with Gasteiger partial charge in [0.1, 0.15) is 12.2 Å². The molecule has 2 aromatic heterocycles. The number of hydrogen-bond acceptors (Lipinski definition) is 8. The number of rotatable bonds is 6. The second-order valence-corrected chi connectivity index (χ2v) is 10.3. The first kappa shape index (κ1) is 30.2. The Morgan fingerprint density at radius 3 is 2.33 bits per heavy atom. The van der Waals surface area contributed by atoms with Gasteiger partial charge in [-0.2, -0.15) is 26.3 Å². The van der Waals surface area contributed by atoms with Crippen molar-refractivity contribution in [1.82, 2.24) is 19.9 Å². The summed E-state index contributed by atoms with van der Waals surface area (Å²) >= 11 is 0. The zero-order valence-corrected chi connectivity index (χ0v) is 23.0. The number of alkyl halides is 6. The Hall–Kier alpha value is -4.30. The molecule has 0 saturated carbocycles. The monoisotopic (exact) mass is 610 g/mol. The minimum Gasteiger partial charge on any atom is -0.472 e. The van der Waals surface area contributed by atoms with Crippen LogP contribution in [0.4, 0.5) is 42.8 Å². The van der Waals surface area contributed by atoms with Gasteiger partial charge in [0.15, 0.2) is 6.23 Å². The number of aromatic nitrogens is 3. The number of hydrogen-bond donors (Lipinski definition) is 0. The molecule has 2 aliphatic rings. The van der Waals surface area contributed by atoms with E-state index >= 15 is 0 Å². The fourth-order valence-corrected chi connectivity index (χ4v) is 5.02. The van der Waals surface area contributed by atoms with E-state index in [-0.39, 0.29) is 37.9 Å². The summed E-state index contributed by atoms with van der Waals surface area (Å²) in [5.74, 6) is -0.435. The number of halogens is 6. The van der Waals surface area contributed by atoms with Crippen LogP contribution in [-0.2, 0) is 23.7 Å². The van der Waals surface area contributed by atoms with E-state index in [1.807, 2.05) is 0 Å². The van der Waals surface area contributed by atoms with Gasteiger partial charge < -0.3 is 24.2 Å². The highest BCUT2D eigenvalue weighted by molar-refractivity contribution is 5.69. The largest absolute Gasteiger partial charge is 0.472 e. The molecule has 0 bridgehead atoms. The van der Waals surface area contributed by atoms with E-state index in [0.29, 0.717) is 37.3 Å². The van der Waals surface area contributed by atoms with Gasteiger partial charge in [-0.15, -0.1) is 0 Å².